The van der Waals surface area contributed by atoms with E-state index in [0.717, 1.165) is 5.56 Å². The normalized spacial score (nSPS) is 11.1. The van der Waals surface area contributed by atoms with E-state index >= 15 is 0 Å². The molecular formula is C15H17N3O3S. The van der Waals surface area contributed by atoms with Crippen LogP contribution in [-0.2, 0) is 16.6 Å². The summed E-state index contributed by atoms with van der Waals surface area (Å²) in [6.45, 7) is 2.41. The molecule has 0 aliphatic carbocycles. The molecule has 0 saturated carbocycles. The van der Waals surface area contributed by atoms with Gasteiger partial charge in [0.05, 0.1) is 4.90 Å². The van der Waals surface area contributed by atoms with Crippen LogP contribution in [0.25, 0.3) is 0 Å². The van der Waals surface area contributed by atoms with Crippen LogP contribution in [0, 0.1) is 0 Å². The lowest BCUT2D eigenvalue weighted by atomic mass is 10.2. The first-order valence-corrected chi connectivity index (χ1v) is 8.28. The van der Waals surface area contributed by atoms with E-state index in [2.05, 4.69) is 15.0 Å². The lowest BCUT2D eigenvalue weighted by molar-refractivity contribution is 0.0951. The maximum absolute atomic E-state index is 12.0. The molecule has 0 radical (unpaired) electrons. The molecular weight excluding hydrogens is 302 g/mol. The Hall–Kier alpha value is -2.25. The molecule has 1 aromatic carbocycles. The Morgan fingerprint density at radius 3 is 2.32 bits per heavy atom. The number of nitrogens with zero attached hydrogens (tertiary/aromatic N) is 1. The van der Waals surface area contributed by atoms with Crippen molar-refractivity contribution in [3.05, 3.63) is 59.9 Å². The molecule has 0 unspecified atom stereocenters. The molecule has 116 valence electrons. The summed E-state index contributed by atoms with van der Waals surface area (Å²) in [4.78, 5) is 16.1. The van der Waals surface area contributed by atoms with Crippen molar-refractivity contribution >= 4 is 15.9 Å². The molecule has 1 aromatic heterocycles. The van der Waals surface area contributed by atoms with E-state index in [1.165, 1.54) is 24.3 Å². The molecule has 6 nitrogen and oxygen atoms in total. The number of sulfonamides is 1. The van der Waals surface area contributed by atoms with E-state index in [-0.39, 0.29) is 10.8 Å². The van der Waals surface area contributed by atoms with Gasteiger partial charge in [-0.1, -0.05) is 6.92 Å². The first kappa shape index (κ1) is 16.1. The highest BCUT2D eigenvalue weighted by Gasteiger charge is 2.13. The number of pyridine rings is 1. The Balaban J connectivity index is 2.02. The minimum atomic E-state index is -3.50. The van der Waals surface area contributed by atoms with Crippen LogP contribution in [0.5, 0.6) is 0 Å². The molecule has 7 heteroatoms. The van der Waals surface area contributed by atoms with Crippen molar-refractivity contribution in [3.63, 3.8) is 0 Å². The fourth-order valence-corrected chi connectivity index (χ4v) is 2.88. The highest BCUT2D eigenvalue weighted by atomic mass is 32.2. The van der Waals surface area contributed by atoms with Gasteiger partial charge in [0, 0.05) is 31.0 Å². The number of benzene rings is 1. The molecule has 2 aromatic rings. The number of carbonyl (C=O) groups is 1. The standard InChI is InChI=1S/C15H17N3O3S/c1-2-18-22(20,21)14-5-3-13(4-6-14)15(19)17-11-12-7-9-16-10-8-12/h3-10,18H,2,11H2,1H3,(H,17,19). The van der Waals surface area contributed by atoms with Gasteiger partial charge in [-0.25, -0.2) is 13.1 Å². The summed E-state index contributed by atoms with van der Waals surface area (Å²) in [6, 6.07) is 9.44. The molecule has 2 N–H and O–H groups in total. The van der Waals surface area contributed by atoms with Crippen molar-refractivity contribution in [1.82, 2.24) is 15.0 Å². The van der Waals surface area contributed by atoms with E-state index < -0.39 is 10.0 Å². The highest BCUT2D eigenvalue weighted by Crippen LogP contribution is 2.10. The number of amides is 1. The lowest BCUT2D eigenvalue weighted by Crippen LogP contribution is -2.24. The maximum atomic E-state index is 12.0. The van der Waals surface area contributed by atoms with Crippen LogP contribution >= 0.6 is 0 Å². The molecule has 0 bridgehead atoms. The minimum absolute atomic E-state index is 0.139. The van der Waals surface area contributed by atoms with Crippen LogP contribution in [0.15, 0.2) is 53.7 Å². The third-order valence-electron chi connectivity index (χ3n) is 2.96. The fraction of sp³-hybridized carbons (Fsp3) is 0.200. The fourth-order valence-electron chi connectivity index (χ4n) is 1.84. The summed E-state index contributed by atoms with van der Waals surface area (Å²) in [5.41, 5.74) is 1.35. The molecule has 22 heavy (non-hydrogen) atoms. The predicted molar refractivity (Wildman–Crippen MR) is 82.7 cm³/mol. The summed E-state index contributed by atoms with van der Waals surface area (Å²) in [5.74, 6) is -0.260. The summed E-state index contributed by atoms with van der Waals surface area (Å²) < 4.78 is 26.0. The van der Waals surface area contributed by atoms with Gasteiger partial charge in [-0.05, 0) is 42.0 Å². The zero-order chi connectivity index (χ0) is 16.0. The molecule has 2 rings (SSSR count). The van der Waals surface area contributed by atoms with Gasteiger partial charge in [0.1, 0.15) is 0 Å². The Kier molecular flexibility index (Phi) is 5.24. The van der Waals surface area contributed by atoms with Gasteiger partial charge in [-0.3, -0.25) is 9.78 Å². The average Bonchev–Trinajstić information content (AvgIpc) is 2.54. The van der Waals surface area contributed by atoms with Gasteiger partial charge < -0.3 is 5.32 Å². The molecule has 0 aliphatic heterocycles. The van der Waals surface area contributed by atoms with Crippen molar-refractivity contribution < 1.29 is 13.2 Å². The molecule has 0 atom stereocenters. The quantitative estimate of drug-likeness (QED) is 0.840. The van der Waals surface area contributed by atoms with E-state index in [0.29, 0.717) is 18.7 Å². The van der Waals surface area contributed by atoms with Crippen LogP contribution in [0.3, 0.4) is 0 Å². The molecule has 0 saturated heterocycles. The van der Waals surface area contributed by atoms with Crippen LogP contribution in [-0.4, -0.2) is 25.9 Å². The van der Waals surface area contributed by atoms with E-state index in [4.69, 9.17) is 0 Å². The number of hydrogen-bond donors (Lipinski definition) is 2. The summed E-state index contributed by atoms with van der Waals surface area (Å²) in [7, 11) is -3.50. The van der Waals surface area contributed by atoms with Crippen LogP contribution in [0.1, 0.15) is 22.8 Å². The molecule has 1 amide bonds. The second-order valence-electron chi connectivity index (χ2n) is 4.56. The molecule has 0 fully saturated rings. The Morgan fingerprint density at radius 1 is 1.09 bits per heavy atom. The van der Waals surface area contributed by atoms with E-state index in [1.54, 1.807) is 19.3 Å². The van der Waals surface area contributed by atoms with Crippen LogP contribution in [0.4, 0.5) is 0 Å². The lowest BCUT2D eigenvalue weighted by Gasteiger charge is -2.07. The van der Waals surface area contributed by atoms with Crippen molar-refractivity contribution in [1.29, 1.82) is 0 Å². The van der Waals surface area contributed by atoms with Gasteiger partial charge in [0.2, 0.25) is 10.0 Å². The topological polar surface area (TPSA) is 88.2 Å². The van der Waals surface area contributed by atoms with E-state index in [1.807, 2.05) is 12.1 Å². The Bertz CT molecular complexity index is 728. The maximum Gasteiger partial charge on any atom is 0.251 e. The van der Waals surface area contributed by atoms with Gasteiger partial charge in [0.15, 0.2) is 0 Å². The van der Waals surface area contributed by atoms with Crippen molar-refractivity contribution in [2.45, 2.75) is 18.4 Å². The summed E-state index contributed by atoms with van der Waals surface area (Å²) in [6.07, 6.45) is 3.31. The second kappa shape index (κ2) is 7.15. The third kappa shape index (κ3) is 4.12. The predicted octanol–water partition coefficient (Wildman–Crippen LogP) is 1.31. The number of nitrogens with one attached hydrogen (secondary N) is 2. The van der Waals surface area contributed by atoms with Gasteiger partial charge in [-0.15, -0.1) is 0 Å². The minimum Gasteiger partial charge on any atom is -0.348 e. The molecule has 0 aliphatic rings. The largest absolute Gasteiger partial charge is 0.348 e. The van der Waals surface area contributed by atoms with Crippen LogP contribution in [0.2, 0.25) is 0 Å². The van der Waals surface area contributed by atoms with E-state index in [9.17, 15) is 13.2 Å². The van der Waals surface area contributed by atoms with Crippen molar-refractivity contribution in [2.24, 2.45) is 0 Å². The highest BCUT2D eigenvalue weighted by molar-refractivity contribution is 7.89. The zero-order valence-electron chi connectivity index (χ0n) is 12.1. The first-order chi connectivity index (χ1) is 10.5. The summed E-state index contributed by atoms with van der Waals surface area (Å²) in [5, 5.41) is 2.77. The zero-order valence-corrected chi connectivity index (χ0v) is 12.9. The van der Waals surface area contributed by atoms with Gasteiger partial charge >= 0.3 is 0 Å². The van der Waals surface area contributed by atoms with Crippen LogP contribution < -0.4 is 10.0 Å². The number of aromatic nitrogens is 1. The average molecular weight is 319 g/mol. The summed E-state index contributed by atoms with van der Waals surface area (Å²) >= 11 is 0. The number of hydrogen-bond acceptors (Lipinski definition) is 4. The Morgan fingerprint density at radius 2 is 1.73 bits per heavy atom. The number of rotatable bonds is 6. The van der Waals surface area contributed by atoms with Crippen molar-refractivity contribution in [2.75, 3.05) is 6.54 Å². The Labute approximate surface area is 129 Å². The molecule has 1 heterocycles. The SMILES string of the molecule is CCNS(=O)(=O)c1ccc(C(=O)NCc2ccncc2)cc1. The smallest absolute Gasteiger partial charge is 0.251 e. The van der Waals surface area contributed by atoms with Crippen molar-refractivity contribution in [3.8, 4) is 0 Å². The first-order valence-electron chi connectivity index (χ1n) is 6.80. The third-order valence-corrected chi connectivity index (χ3v) is 4.53. The number of carbonyl (C=O) groups excluding carboxylic acids is 1. The second-order valence-corrected chi connectivity index (χ2v) is 6.33. The van der Waals surface area contributed by atoms with Gasteiger partial charge in [0.25, 0.3) is 5.91 Å². The molecule has 0 spiro atoms. The monoisotopic (exact) mass is 319 g/mol. The van der Waals surface area contributed by atoms with Gasteiger partial charge in [-0.2, -0.15) is 0 Å².